The Morgan fingerprint density at radius 2 is 2.11 bits per heavy atom. The van der Waals surface area contributed by atoms with Crippen LogP contribution in [0.3, 0.4) is 0 Å². The molecule has 0 bridgehead atoms. The van der Waals surface area contributed by atoms with E-state index in [-0.39, 0.29) is 0 Å². The summed E-state index contributed by atoms with van der Waals surface area (Å²) in [5, 5.41) is 0. The van der Waals surface area contributed by atoms with Crippen LogP contribution in [0.25, 0.3) is 0 Å². The number of hydrogen-bond donors (Lipinski definition) is 0. The van der Waals surface area contributed by atoms with Gasteiger partial charge in [-0.15, -0.1) is 0 Å². The molecule has 0 saturated carbocycles. The maximum Gasteiger partial charge on any atom is 0.109 e. The lowest BCUT2D eigenvalue weighted by molar-refractivity contribution is 0.166. The van der Waals surface area contributed by atoms with Gasteiger partial charge >= 0.3 is 0 Å². The van der Waals surface area contributed by atoms with E-state index in [1.54, 1.807) is 0 Å². The third-order valence-corrected chi connectivity index (χ3v) is 4.93. The molecule has 1 aromatic rings. The van der Waals surface area contributed by atoms with Gasteiger partial charge in [0.2, 0.25) is 0 Å². The first-order valence-electron chi connectivity index (χ1n) is 7.97. The number of imidazole rings is 1. The summed E-state index contributed by atoms with van der Waals surface area (Å²) in [6, 6.07) is 1.31. The molecule has 3 rings (SSSR count). The summed E-state index contributed by atoms with van der Waals surface area (Å²) in [5.74, 6) is 1.98. The Labute approximate surface area is 117 Å². The molecule has 106 valence electrons. The zero-order chi connectivity index (χ0) is 13.4. The maximum atomic E-state index is 4.95. The van der Waals surface area contributed by atoms with Crippen LogP contribution >= 0.6 is 0 Å². The molecule has 2 unspecified atom stereocenters. The Morgan fingerprint density at radius 3 is 2.84 bits per heavy atom. The second kappa shape index (κ2) is 5.28. The largest absolute Gasteiger partial charge is 0.332 e. The van der Waals surface area contributed by atoms with Gasteiger partial charge in [0.25, 0.3) is 0 Å². The summed E-state index contributed by atoms with van der Waals surface area (Å²) in [6.07, 6.45) is 8.78. The number of aromatic nitrogens is 2. The number of fused-ring (bicyclic) bond motifs is 1. The smallest absolute Gasteiger partial charge is 0.109 e. The molecule has 1 fully saturated rings. The van der Waals surface area contributed by atoms with Gasteiger partial charge in [-0.1, -0.05) is 0 Å². The van der Waals surface area contributed by atoms with Gasteiger partial charge in [-0.05, 0) is 53.0 Å². The topological polar surface area (TPSA) is 21.1 Å². The van der Waals surface area contributed by atoms with E-state index in [0.717, 1.165) is 0 Å². The van der Waals surface area contributed by atoms with Crippen molar-refractivity contribution < 1.29 is 0 Å². The second-order valence-corrected chi connectivity index (χ2v) is 6.66. The standard InChI is InChI=1S/C16H27N3/c1-12(2)18-9-5-7-14(10-18)15-11-19-13(3)6-4-8-16(19)17-15/h11-14H,4-10H2,1-3H3. The molecular formula is C16H27N3. The lowest BCUT2D eigenvalue weighted by Crippen LogP contribution is -2.39. The Balaban J connectivity index is 1.78. The van der Waals surface area contributed by atoms with Crippen LogP contribution < -0.4 is 0 Å². The lowest BCUT2D eigenvalue weighted by atomic mass is 9.94. The molecule has 3 heteroatoms. The minimum absolute atomic E-state index is 0.648. The highest BCUT2D eigenvalue weighted by Gasteiger charge is 2.27. The van der Waals surface area contributed by atoms with E-state index < -0.39 is 0 Å². The first kappa shape index (κ1) is 13.2. The monoisotopic (exact) mass is 261 g/mol. The van der Waals surface area contributed by atoms with E-state index in [1.807, 2.05) is 0 Å². The van der Waals surface area contributed by atoms with E-state index in [1.165, 1.54) is 56.7 Å². The third-order valence-electron chi connectivity index (χ3n) is 4.93. The number of aryl methyl sites for hydroxylation is 1. The molecule has 0 radical (unpaired) electrons. The van der Waals surface area contributed by atoms with Crippen LogP contribution in [0.1, 0.15) is 69.9 Å². The maximum absolute atomic E-state index is 4.95. The third kappa shape index (κ3) is 2.58. The summed E-state index contributed by atoms with van der Waals surface area (Å²) in [5.41, 5.74) is 1.36. The van der Waals surface area contributed by atoms with Crippen LogP contribution in [-0.2, 0) is 6.42 Å². The van der Waals surface area contributed by atoms with Crippen molar-refractivity contribution in [1.29, 1.82) is 0 Å². The lowest BCUT2D eigenvalue weighted by Gasteiger charge is -2.34. The molecule has 2 atom stereocenters. The Morgan fingerprint density at radius 1 is 1.26 bits per heavy atom. The fourth-order valence-corrected chi connectivity index (χ4v) is 3.63. The van der Waals surface area contributed by atoms with E-state index in [9.17, 15) is 0 Å². The average molecular weight is 261 g/mol. The summed E-state index contributed by atoms with van der Waals surface area (Å²) in [4.78, 5) is 7.56. The molecule has 19 heavy (non-hydrogen) atoms. The fourth-order valence-electron chi connectivity index (χ4n) is 3.63. The van der Waals surface area contributed by atoms with Gasteiger partial charge in [0.1, 0.15) is 5.82 Å². The van der Waals surface area contributed by atoms with Gasteiger partial charge in [0, 0.05) is 37.2 Å². The SMILES string of the molecule is CC(C)N1CCCC(c2cn3c(n2)CCCC3C)C1. The van der Waals surface area contributed by atoms with Gasteiger partial charge in [-0.2, -0.15) is 0 Å². The molecule has 1 saturated heterocycles. The molecule has 3 nitrogen and oxygen atoms in total. The van der Waals surface area contributed by atoms with Gasteiger partial charge in [0.15, 0.2) is 0 Å². The van der Waals surface area contributed by atoms with Crippen molar-refractivity contribution in [2.75, 3.05) is 13.1 Å². The van der Waals surface area contributed by atoms with Crippen molar-refractivity contribution in [2.45, 2.75) is 70.9 Å². The molecule has 0 spiro atoms. The molecule has 3 heterocycles. The highest BCUT2D eigenvalue weighted by molar-refractivity contribution is 5.14. The van der Waals surface area contributed by atoms with Crippen molar-refractivity contribution in [3.8, 4) is 0 Å². The average Bonchev–Trinajstić information content (AvgIpc) is 2.84. The van der Waals surface area contributed by atoms with Gasteiger partial charge in [-0.3, -0.25) is 0 Å². The van der Waals surface area contributed by atoms with Gasteiger partial charge in [-0.25, -0.2) is 4.98 Å². The van der Waals surface area contributed by atoms with Crippen LogP contribution in [0.15, 0.2) is 6.20 Å². The van der Waals surface area contributed by atoms with Crippen LogP contribution in [0, 0.1) is 0 Å². The summed E-state index contributed by atoms with van der Waals surface area (Å²) in [7, 11) is 0. The van der Waals surface area contributed by atoms with Crippen LogP contribution in [-0.4, -0.2) is 33.6 Å². The van der Waals surface area contributed by atoms with E-state index in [4.69, 9.17) is 4.98 Å². The van der Waals surface area contributed by atoms with Crippen molar-refractivity contribution in [1.82, 2.24) is 14.5 Å². The summed E-state index contributed by atoms with van der Waals surface area (Å²) >= 11 is 0. The normalized spacial score (nSPS) is 28.6. The van der Waals surface area contributed by atoms with E-state index >= 15 is 0 Å². The van der Waals surface area contributed by atoms with Crippen molar-refractivity contribution in [3.63, 3.8) is 0 Å². The molecular weight excluding hydrogens is 234 g/mol. The molecule has 0 aliphatic carbocycles. The fraction of sp³-hybridized carbons (Fsp3) is 0.812. The second-order valence-electron chi connectivity index (χ2n) is 6.66. The quantitative estimate of drug-likeness (QED) is 0.814. The van der Waals surface area contributed by atoms with Gasteiger partial charge in [0.05, 0.1) is 5.69 Å². The predicted molar refractivity (Wildman–Crippen MR) is 78.6 cm³/mol. The summed E-state index contributed by atoms with van der Waals surface area (Å²) in [6.45, 7) is 9.40. The van der Waals surface area contributed by atoms with E-state index in [0.29, 0.717) is 18.0 Å². The molecule has 1 aromatic heterocycles. The Bertz CT molecular complexity index is 435. The zero-order valence-corrected chi connectivity index (χ0v) is 12.6. The minimum Gasteiger partial charge on any atom is -0.332 e. The Kier molecular flexibility index (Phi) is 3.66. The van der Waals surface area contributed by atoms with E-state index in [2.05, 4.69) is 36.4 Å². The number of nitrogens with zero attached hydrogens (tertiary/aromatic N) is 3. The van der Waals surface area contributed by atoms with Crippen LogP contribution in [0.2, 0.25) is 0 Å². The minimum atomic E-state index is 0.648. The molecule has 2 aliphatic rings. The molecule has 0 aromatic carbocycles. The molecule has 0 amide bonds. The van der Waals surface area contributed by atoms with Crippen molar-refractivity contribution in [3.05, 3.63) is 17.7 Å². The number of piperidine rings is 1. The summed E-state index contributed by atoms with van der Waals surface area (Å²) < 4.78 is 2.44. The first-order valence-corrected chi connectivity index (χ1v) is 7.97. The predicted octanol–water partition coefficient (Wildman–Crippen LogP) is 3.37. The van der Waals surface area contributed by atoms with Gasteiger partial charge < -0.3 is 9.47 Å². The highest BCUT2D eigenvalue weighted by Crippen LogP contribution is 2.31. The molecule has 0 N–H and O–H groups in total. The number of hydrogen-bond acceptors (Lipinski definition) is 2. The van der Waals surface area contributed by atoms with Crippen LogP contribution in [0.5, 0.6) is 0 Å². The van der Waals surface area contributed by atoms with Crippen molar-refractivity contribution >= 4 is 0 Å². The number of likely N-dealkylation sites (tertiary alicyclic amines) is 1. The highest BCUT2D eigenvalue weighted by atomic mass is 15.2. The zero-order valence-electron chi connectivity index (χ0n) is 12.6. The number of rotatable bonds is 2. The first-order chi connectivity index (χ1) is 9.15. The molecule has 2 aliphatic heterocycles. The van der Waals surface area contributed by atoms with Crippen LogP contribution in [0.4, 0.5) is 0 Å². The Hall–Kier alpha value is -0.830. The van der Waals surface area contributed by atoms with Crippen molar-refractivity contribution in [2.24, 2.45) is 0 Å².